The van der Waals surface area contributed by atoms with E-state index >= 15 is 0 Å². The molecule has 5 nitrogen and oxygen atoms in total. The van der Waals surface area contributed by atoms with E-state index in [1.54, 1.807) is 6.07 Å². The molecule has 2 heterocycles. The molecule has 2 rings (SSSR count). The first kappa shape index (κ1) is 14.0. The number of hydrogen-bond acceptors (Lipinski definition) is 5. The third kappa shape index (κ3) is 2.61. The summed E-state index contributed by atoms with van der Waals surface area (Å²) in [5, 5.41) is 11.0. The highest BCUT2D eigenvalue weighted by atomic mass is 79.9. The lowest BCUT2D eigenvalue weighted by molar-refractivity contribution is -0.311. The monoisotopic (exact) mass is 352 g/mol. The molecule has 1 aromatic heterocycles. The Kier molecular flexibility index (Phi) is 4.10. The van der Waals surface area contributed by atoms with Crippen molar-refractivity contribution in [1.29, 1.82) is 0 Å². The van der Waals surface area contributed by atoms with E-state index in [2.05, 4.69) is 15.9 Å². The molecule has 1 aromatic rings. The molecule has 0 unspecified atom stereocenters. The number of carbonyl (C=O) groups excluding carboxylic acids is 1. The summed E-state index contributed by atoms with van der Waals surface area (Å²) in [4.78, 5) is 11.0. The lowest BCUT2D eigenvalue weighted by Gasteiger charge is -2.34. The minimum absolute atomic E-state index is 0.155. The van der Waals surface area contributed by atoms with Crippen molar-refractivity contribution in [2.24, 2.45) is 0 Å². The first-order valence-electron chi connectivity index (χ1n) is 5.41. The summed E-state index contributed by atoms with van der Waals surface area (Å²) in [7, 11) is -3.73. The van der Waals surface area contributed by atoms with E-state index in [-0.39, 0.29) is 10.8 Å². The minimum Gasteiger partial charge on any atom is -0.548 e. The quantitative estimate of drug-likeness (QED) is 0.806. The molecular formula is C10H11BrNO4S2-. The van der Waals surface area contributed by atoms with Crippen molar-refractivity contribution >= 4 is 43.3 Å². The predicted molar refractivity (Wildman–Crippen MR) is 68.6 cm³/mol. The SMILES string of the molecule is O=C([O-])[C@@H]1CCCCN1S(=O)(=O)c1ccc(Br)s1. The molecule has 1 aliphatic heterocycles. The van der Waals surface area contributed by atoms with Crippen molar-refractivity contribution in [2.75, 3.05) is 6.54 Å². The highest BCUT2D eigenvalue weighted by molar-refractivity contribution is 9.11. The molecule has 1 atom stereocenters. The third-order valence-electron chi connectivity index (χ3n) is 2.84. The van der Waals surface area contributed by atoms with Crippen molar-refractivity contribution in [3.8, 4) is 0 Å². The highest BCUT2D eigenvalue weighted by Crippen LogP contribution is 2.31. The van der Waals surface area contributed by atoms with Gasteiger partial charge in [-0.1, -0.05) is 6.42 Å². The molecule has 100 valence electrons. The molecule has 0 bridgehead atoms. The van der Waals surface area contributed by atoms with Crippen LogP contribution in [-0.4, -0.2) is 31.3 Å². The Balaban J connectivity index is 2.36. The largest absolute Gasteiger partial charge is 0.548 e. The molecule has 1 aliphatic rings. The van der Waals surface area contributed by atoms with Gasteiger partial charge in [0, 0.05) is 6.54 Å². The van der Waals surface area contributed by atoms with Crippen LogP contribution >= 0.6 is 27.3 Å². The third-order valence-corrected chi connectivity index (χ3v) is 6.84. The van der Waals surface area contributed by atoms with Gasteiger partial charge < -0.3 is 9.90 Å². The molecule has 0 spiro atoms. The van der Waals surface area contributed by atoms with E-state index in [0.717, 1.165) is 15.6 Å². The average Bonchev–Trinajstić information content (AvgIpc) is 2.76. The normalized spacial score (nSPS) is 21.9. The van der Waals surface area contributed by atoms with Gasteiger partial charge in [-0.15, -0.1) is 11.3 Å². The van der Waals surface area contributed by atoms with Crippen LogP contribution < -0.4 is 5.11 Å². The Morgan fingerprint density at radius 2 is 2.17 bits per heavy atom. The number of halogens is 1. The standard InChI is InChI=1S/C10H12BrNO4S2/c11-8-4-5-9(17-8)18(15,16)12-6-2-1-3-7(12)10(13)14/h4-5,7H,1-3,6H2,(H,13,14)/p-1/t7-/m0/s1. The van der Waals surface area contributed by atoms with Crippen LogP contribution in [0.3, 0.4) is 0 Å². The van der Waals surface area contributed by atoms with Gasteiger partial charge in [-0.05, 0) is 40.9 Å². The van der Waals surface area contributed by atoms with Crippen LogP contribution in [0.2, 0.25) is 0 Å². The number of carboxylic acids is 1. The summed E-state index contributed by atoms with van der Waals surface area (Å²) in [6.45, 7) is 0.233. The first-order valence-corrected chi connectivity index (χ1v) is 8.46. The van der Waals surface area contributed by atoms with Gasteiger partial charge in [0.25, 0.3) is 10.0 Å². The molecule has 8 heteroatoms. The highest BCUT2D eigenvalue weighted by Gasteiger charge is 2.34. The Bertz CT molecular complexity index is 554. The van der Waals surface area contributed by atoms with Crippen LogP contribution in [0.15, 0.2) is 20.1 Å². The van der Waals surface area contributed by atoms with Gasteiger partial charge in [-0.3, -0.25) is 0 Å². The fourth-order valence-electron chi connectivity index (χ4n) is 1.98. The maximum absolute atomic E-state index is 12.3. The molecule has 0 amide bonds. The smallest absolute Gasteiger partial charge is 0.253 e. The van der Waals surface area contributed by atoms with Crippen LogP contribution in [-0.2, 0) is 14.8 Å². The average molecular weight is 353 g/mol. The Morgan fingerprint density at radius 3 is 2.72 bits per heavy atom. The number of hydrogen-bond donors (Lipinski definition) is 0. The lowest BCUT2D eigenvalue weighted by Crippen LogP contribution is -2.52. The number of aliphatic carboxylic acids is 1. The van der Waals surface area contributed by atoms with E-state index in [1.807, 2.05) is 0 Å². The summed E-state index contributed by atoms with van der Waals surface area (Å²) in [6.07, 6.45) is 1.70. The summed E-state index contributed by atoms with van der Waals surface area (Å²) in [5.41, 5.74) is 0. The van der Waals surface area contributed by atoms with E-state index in [4.69, 9.17) is 0 Å². The van der Waals surface area contributed by atoms with Crippen LogP contribution in [0, 0.1) is 0 Å². The van der Waals surface area contributed by atoms with Crippen molar-refractivity contribution < 1.29 is 18.3 Å². The number of rotatable bonds is 3. The fraction of sp³-hybridized carbons (Fsp3) is 0.500. The second kappa shape index (κ2) is 5.28. The second-order valence-electron chi connectivity index (χ2n) is 4.00. The summed E-state index contributed by atoms with van der Waals surface area (Å²) in [6, 6.07) is 2.06. The molecule has 0 aliphatic carbocycles. The van der Waals surface area contributed by atoms with Crippen molar-refractivity contribution in [3.05, 3.63) is 15.9 Å². The molecule has 1 saturated heterocycles. The van der Waals surface area contributed by atoms with E-state index in [1.165, 1.54) is 6.07 Å². The number of carbonyl (C=O) groups is 1. The molecule has 18 heavy (non-hydrogen) atoms. The molecule has 0 saturated carbocycles. The van der Waals surface area contributed by atoms with Crippen molar-refractivity contribution in [2.45, 2.75) is 29.5 Å². The number of nitrogens with zero attached hydrogens (tertiary/aromatic N) is 1. The Morgan fingerprint density at radius 1 is 1.44 bits per heavy atom. The number of sulfonamides is 1. The predicted octanol–water partition coefficient (Wildman–Crippen LogP) is 0.804. The molecule has 0 aromatic carbocycles. The van der Waals surface area contributed by atoms with Crippen molar-refractivity contribution in [1.82, 2.24) is 4.31 Å². The maximum atomic E-state index is 12.3. The van der Waals surface area contributed by atoms with Gasteiger partial charge >= 0.3 is 0 Å². The van der Waals surface area contributed by atoms with Crippen LogP contribution in [0.5, 0.6) is 0 Å². The summed E-state index contributed by atoms with van der Waals surface area (Å²) < 4.78 is 26.6. The van der Waals surface area contributed by atoms with Gasteiger partial charge in [-0.25, -0.2) is 8.42 Å². The zero-order chi connectivity index (χ0) is 13.3. The second-order valence-corrected chi connectivity index (χ2v) is 8.59. The Hall–Kier alpha value is -0.440. The van der Waals surface area contributed by atoms with E-state index < -0.39 is 22.0 Å². The van der Waals surface area contributed by atoms with E-state index in [0.29, 0.717) is 23.0 Å². The minimum atomic E-state index is -3.73. The zero-order valence-electron chi connectivity index (χ0n) is 9.34. The first-order chi connectivity index (χ1) is 8.43. The molecule has 0 radical (unpaired) electrons. The van der Waals surface area contributed by atoms with Gasteiger partial charge in [-0.2, -0.15) is 4.31 Å². The topological polar surface area (TPSA) is 77.5 Å². The number of thiophene rings is 1. The fourth-order valence-corrected chi connectivity index (χ4v) is 5.77. The van der Waals surface area contributed by atoms with Crippen LogP contribution in [0.1, 0.15) is 19.3 Å². The molecular weight excluding hydrogens is 342 g/mol. The van der Waals surface area contributed by atoms with Crippen LogP contribution in [0.4, 0.5) is 0 Å². The van der Waals surface area contributed by atoms with Gasteiger partial charge in [0.05, 0.1) is 15.8 Å². The summed E-state index contributed by atoms with van der Waals surface area (Å²) in [5.74, 6) is -1.33. The lowest BCUT2D eigenvalue weighted by atomic mass is 10.1. The van der Waals surface area contributed by atoms with E-state index in [9.17, 15) is 18.3 Å². The maximum Gasteiger partial charge on any atom is 0.253 e. The van der Waals surface area contributed by atoms with Gasteiger partial charge in [0.15, 0.2) is 0 Å². The Labute approximate surface area is 118 Å². The van der Waals surface area contributed by atoms with Crippen LogP contribution in [0.25, 0.3) is 0 Å². The number of piperidine rings is 1. The molecule has 1 fully saturated rings. The van der Waals surface area contributed by atoms with Crippen molar-refractivity contribution in [3.63, 3.8) is 0 Å². The zero-order valence-corrected chi connectivity index (χ0v) is 12.6. The molecule has 0 N–H and O–H groups in total. The van der Waals surface area contributed by atoms with Gasteiger partial charge in [0.1, 0.15) is 4.21 Å². The number of carboxylic acid groups (broad SMARTS) is 1. The van der Waals surface area contributed by atoms with Gasteiger partial charge in [0.2, 0.25) is 0 Å². The summed E-state index contributed by atoms with van der Waals surface area (Å²) >= 11 is 4.28.